The maximum absolute atomic E-state index is 11.7. The normalized spacial score (nSPS) is 10.8. The molecule has 0 atom stereocenters. The molecular formula is C22H43NO2. The number of amides is 1. The third-order valence-corrected chi connectivity index (χ3v) is 4.82. The van der Waals surface area contributed by atoms with Gasteiger partial charge in [-0.25, -0.2) is 0 Å². The maximum Gasteiger partial charge on any atom is 0.216 e. The number of carbonyl (C=O) groups excluding carboxylic acids is 2. The Hall–Kier alpha value is -0.860. The van der Waals surface area contributed by atoms with Crippen LogP contribution in [0, 0.1) is 0 Å². The fraction of sp³-hybridized carbons (Fsp3) is 0.909. The number of unbranched alkanes of at least 4 members (excludes halogenated alkanes) is 13. The van der Waals surface area contributed by atoms with Crippen LogP contribution in [0.3, 0.4) is 0 Å². The van der Waals surface area contributed by atoms with Crippen LogP contribution in [0.2, 0.25) is 0 Å². The molecule has 0 aliphatic rings. The van der Waals surface area contributed by atoms with Gasteiger partial charge in [-0.15, -0.1) is 0 Å². The van der Waals surface area contributed by atoms with E-state index in [0.29, 0.717) is 5.78 Å². The lowest BCUT2D eigenvalue weighted by Gasteiger charge is -2.04. The predicted molar refractivity (Wildman–Crippen MR) is 108 cm³/mol. The smallest absolute Gasteiger partial charge is 0.216 e. The van der Waals surface area contributed by atoms with E-state index in [0.717, 1.165) is 38.6 Å². The number of nitrogens with one attached hydrogen (secondary N) is 1. The molecule has 0 aliphatic carbocycles. The highest BCUT2D eigenvalue weighted by Crippen LogP contribution is 2.13. The molecule has 0 fully saturated rings. The quantitative estimate of drug-likeness (QED) is 0.275. The molecule has 0 aliphatic heterocycles. The van der Waals surface area contributed by atoms with Crippen LogP contribution in [-0.4, -0.2) is 18.2 Å². The molecule has 0 aromatic heterocycles. The molecule has 3 heteroatoms. The van der Waals surface area contributed by atoms with Crippen molar-refractivity contribution in [3.8, 4) is 0 Å². The van der Waals surface area contributed by atoms with Crippen molar-refractivity contribution in [3.05, 3.63) is 0 Å². The van der Waals surface area contributed by atoms with Crippen molar-refractivity contribution in [2.24, 2.45) is 0 Å². The van der Waals surface area contributed by atoms with Crippen molar-refractivity contribution in [1.29, 1.82) is 0 Å². The molecule has 1 N–H and O–H groups in total. The maximum atomic E-state index is 11.7. The van der Waals surface area contributed by atoms with Gasteiger partial charge in [0.25, 0.3) is 0 Å². The first-order valence-corrected chi connectivity index (χ1v) is 10.9. The van der Waals surface area contributed by atoms with Crippen LogP contribution < -0.4 is 5.32 Å². The summed E-state index contributed by atoms with van der Waals surface area (Å²) in [6.45, 7) is 4.61. The van der Waals surface area contributed by atoms with Gasteiger partial charge >= 0.3 is 0 Å². The first kappa shape index (κ1) is 24.1. The highest BCUT2D eigenvalue weighted by atomic mass is 16.1. The van der Waals surface area contributed by atoms with Crippen LogP contribution >= 0.6 is 0 Å². The van der Waals surface area contributed by atoms with Gasteiger partial charge in [0.2, 0.25) is 5.91 Å². The van der Waals surface area contributed by atoms with E-state index in [1.807, 2.05) is 0 Å². The Bertz CT molecular complexity index is 315. The molecule has 0 rings (SSSR count). The second-order valence-electron chi connectivity index (χ2n) is 7.47. The Morgan fingerprint density at radius 3 is 1.44 bits per heavy atom. The molecule has 0 bridgehead atoms. The summed E-state index contributed by atoms with van der Waals surface area (Å²) in [5.41, 5.74) is 0. The lowest BCUT2D eigenvalue weighted by molar-refractivity contribution is -0.120. The molecule has 0 saturated carbocycles. The van der Waals surface area contributed by atoms with Gasteiger partial charge in [-0.2, -0.15) is 0 Å². The summed E-state index contributed by atoms with van der Waals surface area (Å²) in [6, 6.07) is 0. The summed E-state index contributed by atoms with van der Waals surface area (Å²) in [4.78, 5) is 22.4. The SMILES string of the molecule is CCCCCCC(=O)CCCCCCCCCCCCCNC(C)=O. The van der Waals surface area contributed by atoms with Gasteiger partial charge in [0.15, 0.2) is 0 Å². The first-order valence-electron chi connectivity index (χ1n) is 10.9. The Morgan fingerprint density at radius 1 is 0.600 bits per heavy atom. The fourth-order valence-electron chi connectivity index (χ4n) is 3.18. The van der Waals surface area contributed by atoms with Crippen molar-refractivity contribution in [3.63, 3.8) is 0 Å². The van der Waals surface area contributed by atoms with E-state index in [-0.39, 0.29) is 5.91 Å². The van der Waals surface area contributed by atoms with Gasteiger partial charge in [-0.3, -0.25) is 9.59 Å². The van der Waals surface area contributed by atoms with E-state index >= 15 is 0 Å². The fourth-order valence-corrected chi connectivity index (χ4v) is 3.18. The van der Waals surface area contributed by atoms with Crippen molar-refractivity contribution in [2.75, 3.05) is 6.54 Å². The predicted octanol–water partition coefficient (Wildman–Crippen LogP) is 6.34. The van der Waals surface area contributed by atoms with E-state index in [2.05, 4.69) is 12.2 Å². The van der Waals surface area contributed by atoms with Gasteiger partial charge in [-0.1, -0.05) is 84.0 Å². The molecule has 1 amide bonds. The minimum absolute atomic E-state index is 0.0799. The topological polar surface area (TPSA) is 46.2 Å². The van der Waals surface area contributed by atoms with Crippen LogP contribution in [0.15, 0.2) is 0 Å². The zero-order valence-electron chi connectivity index (χ0n) is 17.0. The Labute approximate surface area is 156 Å². The Morgan fingerprint density at radius 2 is 1.00 bits per heavy atom. The lowest BCUT2D eigenvalue weighted by Crippen LogP contribution is -2.20. The minimum Gasteiger partial charge on any atom is -0.356 e. The number of rotatable bonds is 19. The van der Waals surface area contributed by atoms with Crippen molar-refractivity contribution in [1.82, 2.24) is 5.32 Å². The highest BCUT2D eigenvalue weighted by molar-refractivity contribution is 5.78. The van der Waals surface area contributed by atoms with E-state index in [9.17, 15) is 9.59 Å². The molecule has 0 aromatic carbocycles. The summed E-state index contributed by atoms with van der Waals surface area (Å²) in [7, 11) is 0. The van der Waals surface area contributed by atoms with Crippen LogP contribution in [0.4, 0.5) is 0 Å². The van der Waals surface area contributed by atoms with Crippen LogP contribution in [0.5, 0.6) is 0 Å². The molecule has 0 spiro atoms. The molecule has 3 nitrogen and oxygen atoms in total. The zero-order chi connectivity index (χ0) is 18.6. The number of hydrogen-bond donors (Lipinski definition) is 1. The third kappa shape index (κ3) is 21.1. The first-order chi connectivity index (χ1) is 12.2. The molecule has 0 aromatic rings. The molecule has 0 heterocycles. The van der Waals surface area contributed by atoms with Crippen LogP contribution in [0.25, 0.3) is 0 Å². The van der Waals surface area contributed by atoms with Crippen molar-refractivity contribution >= 4 is 11.7 Å². The molecule has 0 radical (unpaired) electrons. The van der Waals surface area contributed by atoms with E-state index < -0.39 is 0 Å². The molecule has 0 unspecified atom stereocenters. The molecule has 148 valence electrons. The van der Waals surface area contributed by atoms with E-state index in [1.54, 1.807) is 6.92 Å². The number of Topliss-reactive ketones (excluding diaryl/α,β-unsaturated/α-hetero) is 1. The standard InChI is InChI=1S/C22H43NO2/c1-3-4-5-15-18-22(25)19-16-13-11-9-7-6-8-10-12-14-17-20-23-21(2)24/h3-20H2,1-2H3,(H,23,24). The zero-order valence-corrected chi connectivity index (χ0v) is 17.0. The minimum atomic E-state index is 0.0799. The average molecular weight is 354 g/mol. The van der Waals surface area contributed by atoms with Gasteiger partial charge < -0.3 is 5.32 Å². The Balaban J connectivity index is 3.11. The summed E-state index contributed by atoms with van der Waals surface area (Å²) in [5, 5.41) is 2.84. The average Bonchev–Trinajstić information content (AvgIpc) is 2.58. The number of carbonyl (C=O) groups is 2. The Kier molecular flexibility index (Phi) is 18.8. The number of hydrogen-bond acceptors (Lipinski definition) is 2. The summed E-state index contributed by atoms with van der Waals surface area (Å²) in [6.07, 6.45) is 20.4. The summed E-state index contributed by atoms with van der Waals surface area (Å²) in [5.74, 6) is 0.561. The van der Waals surface area contributed by atoms with E-state index in [4.69, 9.17) is 0 Å². The van der Waals surface area contributed by atoms with Gasteiger partial charge in [-0.05, 0) is 19.3 Å². The highest BCUT2D eigenvalue weighted by Gasteiger charge is 2.01. The molecular weight excluding hydrogens is 310 g/mol. The van der Waals surface area contributed by atoms with Gasteiger partial charge in [0, 0.05) is 26.3 Å². The van der Waals surface area contributed by atoms with Gasteiger partial charge in [0.1, 0.15) is 5.78 Å². The molecule has 25 heavy (non-hydrogen) atoms. The largest absolute Gasteiger partial charge is 0.356 e. The lowest BCUT2D eigenvalue weighted by atomic mass is 10.0. The second kappa shape index (κ2) is 19.5. The second-order valence-corrected chi connectivity index (χ2v) is 7.47. The van der Waals surface area contributed by atoms with Crippen LogP contribution in [-0.2, 0) is 9.59 Å². The van der Waals surface area contributed by atoms with Crippen molar-refractivity contribution in [2.45, 2.75) is 123 Å². The summed E-state index contributed by atoms with van der Waals surface area (Å²) < 4.78 is 0. The van der Waals surface area contributed by atoms with Crippen molar-refractivity contribution < 1.29 is 9.59 Å². The monoisotopic (exact) mass is 353 g/mol. The molecule has 0 saturated heterocycles. The van der Waals surface area contributed by atoms with E-state index in [1.165, 1.54) is 77.0 Å². The van der Waals surface area contributed by atoms with Crippen LogP contribution in [0.1, 0.15) is 123 Å². The van der Waals surface area contributed by atoms with Gasteiger partial charge in [0.05, 0.1) is 0 Å². The number of ketones is 1. The third-order valence-electron chi connectivity index (χ3n) is 4.82. The summed E-state index contributed by atoms with van der Waals surface area (Å²) >= 11 is 0.